The van der Waals surface area contributed by atoms with E-state index in [2.05, 4.69) is 20.9 Å². The van der Waals surface area contributed by atoms with Gasteiger partial charge in [0.05, 0.1) is 19.3 Å². The van der Waals surface area contributed by atoms with Crippen molar-refractivity contribution in [3.63, 3.8) is 0 Å². The average molecular weight is 532 g/mol. The molecule has 1 aliphatic heterocycles. The summed E-state index contributed by atoms with van der Waals surface area (Å²) in [4.78, 5) is 17.9. The predicted octanol–water partition coefficient (Wildman–Crippen LogP) is 4.68. The van der Waals surface area contributed by atoms with Gasteiger partial charge in [-0.2, -0.15) is 13.2 Å². The highest BCUT2D eigenvalue weighted by molar-refractivity contribution is 5.91. The average Bonchev–Trinajstić information content (AvgIpc) is 2.93. The van der Waals surface area contributed by atoms with Crippen LogP contribution in [0.3, 0.4) is 0 Å². The molecule has 3 N–H and O–H groups in total. The fraction of sp³-hybridized carbons (Fsp3) is 0.333. The molecule has 0 spiro atoms. The second-order valence-corrected chi connectivity index (χ2v) is 8.05. The van der Waals surface area contributed by atoms with Crippen LogP contribution in [-0.2, 0) is 4.74 Å². The second-order valence-electron chi connectivity index (χ2n) is 8.05. The van der Waals surface area contributed by atoms with Gasteiger partial charge in [-0.1, -0.05) is 38.1 Å². The summed E-state index contributed by atoms with van der Waals surface area (Å²) in [5.41, 5.74) is 2.69. The minimum atomic E-state index is -4.40. The van der Waals surface area contributed by atoms with Gasteiger partial charge in [-0.25, -0.2) is 0 Å². The molecule has 2 heterocycles. The van der Waals surface area contributed by atoms with Crippen molar-refractivity contribution in [2.75, 3.05) is 33.1 Å². The third-order valence-corrected chi connectivity index (χ3v) is 5.72. The molecule has 2 unspecified atom stereocenters. The Labute approximate surface area is 219 Å². The van der Waals surface area contributed by atoms with E-state index >= 15 is 0 Å². The molecule has 0 fully saturated rings. The number of hydrogen-bond donors (Lipinski definition) is 3. The largest absolute Gasteiger partial charge is 0.497 e. The number of methoxy groups -OCH3 is 2. The van der Waals surface area contributed by atoms with E-state index in [-0.39, 0.29) is 11.8 Å². The highest BCUT2D eigenvalue weighted by atomic mass is 19.4. The minimum Gasteiger partial charge on any atom is -0.497 e. The number of rotatable bonds is 8. The maximum atomic E-state index is 13.8. The molecule has 0 aliphatic carbocycles. The van der Waals surface area contributed by atoms with Crippen molar-refractivity contribution in [1.82, 2.24) is 15.2 Å². The molecule has 3 aromatic rings. The molecular formula is C27H32F3N5O3. The van der Waals surface area contributed by atoms with Crippen molar-refractivity contribution in [2.24, 2.45) is 4.99 Å². The summed E-state index contributed by atoms with van der Waals surface area (Å²) in [6.07, 6.45) is -4.30. The lowest BCUT2D eigenvalue weighted by atomic mass is 10.0. The lowest BCUT2D eigenvalue weighted by molar-refractivity contribution is -0.125. The lowest BCUT2D eigenvalue weighted by Gasteiger charge is -2.26. The Morgan fingerprint density at radius 1 is 1.08 bits per heavy atom. The first-order valence-corrected chi connectivity index (χ1v) is 12.1. The van der Waals surface area contributed by atoms with E-state index in [1.54, 1.807) is 44.5 Å². The van der Waals surface area contributed by atoms with Crippen LogP contribution in [0.15, 0.2) is 64.4 Å². The number of aromatic nitrogens is 1. The molecule has 204 valence electrons. The molecule has 11 heteroatoms. The number of nitrogens with one attached hydrogen (secondary N) is 3. The van der Waals surface area contributed by atoms with Crippen LogP contribution in [0, 0.1) is 0 Å². The van der Waals surface area contributed by atoms with E-state index < -0.39 is 19.0 Å². The van der Waals surface area contributed by atoms with Gasteiger partial charge in [0.2, 0.25) is 0 Å². The number of aliphatic imine (C=N–C) groups is 1. The quantitative estimate of drug-likeness (QED) is 0.366. The summed E-state index contributed by atoms with van der Waals surface area (Å²) >= 11 is 0. The Bertz CT molecular complexity index is 1290. The summed E-state index contributed by atoms with van der Waals surface area (Å²) in [6.45, 7) is 2.77. The molecule has 8 nitrogen and oxygen atoms in total. The molecule has 1 aliphatic rings. The van der Waals surface area contributed by atoms with Crippen molar-refractivity contribution in [2.45, 2.75) is 32.5 Å². The molecule has 0 bridgehead atoms. The zero-order valence-corrected chi connectivity index (χ0v) is 21.9. The highest BCUT2D eigenvalue weighted by Gasteiger charge is 2.29. The number of anilines is 1. The number of hydrogen-bond acceptors (Lipinski definition) is 7. The fourth-order valence-electron chi connectivity index (χ4n) is 3.96. The number of fused-ring (bicyclic) bond motifs is 1. The topological polar surface area (TPSA) is 88.9 Å². The zero-order valence-electron chi connectivity index (χ0n) is 21.9. The molecular weight excluding hydrogens is 499 g/mol. The summed E-state index contributed by atoms with van der Waals surface area (Å²) in [5.74, 6) is 0.929. The molecule has 0 saturated heterocycles. The van der Waals surface area contributed by atoms with Gasteiger partial charge in [-0.3, -0.25) is 25.0 Å². The van der Waals surface area contributed by atoms with Gasteiger partial charge in [0, 0.05) is 24.5 Å². The predicted molar refractivity (Wildman–Crippen MR) is 143 cm³/mol. The number of ether oxygens (including phenoxy) is 2. The van der Waals surface area contributed by atoms with Crippen LogP contribution in [0.2, 0.25) is 0 Å². The van der Waals surface area contributed by atoms with Crippen LogP contribution in [0.5, 0.6) is 5.75 Å². The smallest absolute Gasteiger partial charge is 0.401 e. The van der Waals surface area contributed by atoms with Crippen LogP contribution in [0.1, 0.15) is 31.2 Å². The number of alkyl halides is 3. The third kappa shape index (κ3) is 6.60. The van der Waals surface area contributed by atoms with Gasteiger partial charge in [0.25, 0.3) is 5.56 Å². The Hall–Kier alpha value is -3.67. The SMILES string of the molecule is CC.CNC(OC)c1ccc(-c2cc3c(n(-c4ccc(OC)cc4)c2=O)NC(NCC(F)(F)F)N=C3)cc1. The van der Waals surface area contributed by atoms with Crippen LogP contribution in [-0.4, -0.2) is 51.1 Å². The van der Waals surface area contributed by atoms with E-state index in [4.69, 9.17) is 9.47 Å². The van der Waals surface area contributed by atoms with Crippen molar-refractivity contribution >= 4 is 12.0 Å². The monoisotopic (exact) mass is 531 g/mol. The Morgan fingerprint density at radius 3 is 2.29 bits per heavy atom. The first kappa shape index (κ1) is 28.9. The standard InChI is InChI=1S/C25H26F3N5O3.C2H6/c1-29-22(36-3)16-6-4-15(5-7-16)20-12-17-13-30-24(31-14-25(26,27)28)32-21(17)33(23(20)34)18-8-10-19(35-2)11-9-18;1-2/h4-13,22,24,29,31-32H,14H2,1-3H3;1-2H3. The van der Waals surface area contributed by atoms with Gasteiger partial charge in [0.1, 0.15) is 17.8 Å². The lowest BCUT2D eigenvalue weighted by Crippen LogP contribution is -2.43. The molecule has 38 heavy (non-hydrogen) atoms. The molecule has 0 radical (unpaired) electrons. The molecule has 0 amide bonds. The maximum absolute atomic E-state index is 13.8. The van der Waals surface area contributed by atoms with E-state index in [0.717, 1.165) is 5.56 Å². The summed E-state index contributed by atoms with van der Waals surface area (Å²) in [6, 6.07) is 15.9. The van der Waals surface area contributed by atoms with Crippen LogP contribution in [0.25, 0.3) is 16.8 Å². The van der Waals surface area contributed by atoms with Gasteiger partial charge in [0.15, 0.2) is 6.29 Å². The number of halogens is 3. The summed E-state index contributed by atoms with van der Waals surface area (Å²) in [5, 5.41) is 8.27. The second kappa shape index (κ2) is 12.7. The van der Waals surface area contributed by atoms with Crippen molar-refractivity contribution in [1.29, 1.82) is 0 Å². The Kier molecular flexibility index (Phi) is 9.67. The van der Waals surface area contributed by atoms with E-state index in [9.17, 15) is 18.0 Å². The van der Waals surface area contributed by atoms with E-state index in [0.29, 0.717) is 33.9 Å². The van der Waals surface area contributed by atoms with Gasteiger partial charge in [-0.15, -0.1) is 0 Å². The first-order valence-electron chi connectivity index (χ1n) is 12.1. The molecule has 2 atom stereocenters. The summed E-state index contributed by atoms with van der Waals surface area (Å²) in [7, 11) is 4.90. The molecule has 4 rings (SSSR count). The molecule has 2 aromatic carbocycles. The van der Waals surface area contributed by atoms with Gasteiger partial charge in [-0.05, 0) is 48.5 Å². The minimum absolute atomic E-state index is 0.295. The normalized spacial score (nSPS) is 15.1. The molecule has 0 saturated carbocycles. The van der Waals surface area contributed by atoms with Crippen LogP contribution < -0.4 is 26.2 Å². The van der Waals surface area contributed by atoms with Crippen molar-refractivity contribution in [3.05, 3.63) is 76.1 Å². The van der Waals surface area contributed by atoms with Crippen molar-refractivity contribution < 1.29 is 22.6 Å². The summed E-state index contributed by atoms with van der Waals surface area (Å²) < 4.78 is 50.2. The maximum Gasteiger partial charge on any atom is 0.401 e. The third-order valence-electron chi connectivity index (χ3n) is 5.72. The van der Waals surface area contributed by atoms with E-state index in [1.807, 2.05) is 38.1 Å². The van der Waals surface area contributed by atoms with Gasteiger partial charge < -0.3 is 14.8 Å². The number of nitrogens with zero attached hydrogens (tertiary/aromatic N) is 2. The fourth-order valence-corrected chi connectivity index (χ4v) is 3.96. The van der Waals surface area contributed by atoms with Crippen LogP contribution in [0.4, 0.5) is 19.0 Å². The van der Waals surface area contributed by atoms with Crippen LogP contribution >= 0.6 is 0 Å². The number of pyridine rings is 1. The first-order chi connectivity index (χ1) is 18.2. The highest BCUT2D eigenvalue weighted by Crippen LogP contribution is 2.28. The van der Waals surface area contributed by atoms with Crippen molar-refractivity contribution in [3.8, 4) is 22.6 Å². The Balaban J connectivity index is 0.00000195. The zero-order chi connectivity index (χ0) is 27.9. The Morgan fingerprint density at radius 2 is 1.74 bits per heavy atom. The van der Waals surface area contributed by atoms with E-state index in [1.165, 1.54) is 17.9 Å². The molecule has 1 aromatic heterocycles. The van der Waals surface area contributed by atoms with Gasteiger partial charge >= 0.3 is 6.18 Å². The number of benzene rings is 2.